The fourth-order valence-corrected chi connectivity index (χ4v) is 4.77. The molecule has 6 heteroatoms. The second kappa shape index (κ2) is 8.59. The van der Waals surface area contributed by atoms with Gasteiger partial charge >= 0.3 is 0 Å². The maximum Gasteiger partial charge on any atom is 0.298 e. The van der Waals surface area contributed by atoms with Crippen molar-refractivity contribution in [3.8, 4) is 12.1 Å². The highest BCUT2D eigenvalue weighted by atomic mass is 16.5. The lowest BCUT2D eigenvalue weighted by molar-refractivity contribution is 0.301. The van der Waals surface area contributed by atoms with E-state index >= 15 is 0 Å². The number of aryl methyl sites for hydroxylation is 4. The molecule has 1 aliphatic rings. The van der Waals surface area contributed by atoms with Crippen molar-refractivity contribution in [2.24, 2.45) is 0 Å². The van der Waals surface area contributed by atoms with Crippen LogP contribution >= 0.6 is 0 Å². The van der Waals surface area contributed by atoms with Crippen molar-refractivity contribution in [2.45, 2.75) is 40.2 Å². The first-order valence-electron chi connectivity index (χ1n) is 11.4. The van der Waals surface area contributed by atoms with Gasteiger partial charge in [0.15, 0.2) is 5.65 Å². The third kappa shape index (κ3) is 3.80. The molecule has 5 rings (SSSR count). The third-order valence-corrected chi connectivity index (χ3v) is 6.21. The molecule has 0 radical (unpaired) electrons. The van der Waals surface area contributed by atoms with Gasteiger partial charge in [0.05, 0.1) is 19.2 Å². The molecule has 0 N–H and O–H groups in total. The average Bonchev–Trinajstić information content (AvgIpc) is 3.05. The van der Waals surface area contributed by atoms with E-state index in [0.717, 1.165) is 52.2 Å². The van der Waals surface area contributed by atoms with E-state index in [2.05, 4.69) is 64.9 Å². The van der Waals surface area contributed by atoms with Crippen LogP contribution in [0.1, 0.15) is 34.9 Å². The summed E-state index contributed by atoms with van der Waals surface area (Å²) in [5, 5.41) is 9.49. The largest absolute Gasteiger partial charge is 0.465 e. The molecule has 0 bridgehead atoms. The zero-order chi connectivity index (χ0) is 22.9. The quantitative estimate of drug-likeness (QED) is 0.399. The summed E-state index contributed by atoms with van der Waals surface area (Å²) in [6.07, 6.45) is 1.88. The molecule has 4 aromatic rings. The van der Waals surface area contributed by atoms with Crippen LogP contribution < -0.4 is 9.64 Å². The lowest BCUT2D eigenvalue weighted by Gasteiger charge is -2.24. The summed E-state index contributed by atoms with van der Waals surface area (Å²) in [5.74, 6) is 0. The summed E-state index contributed by atoms with van der Waals surface area (Å²) < 4.78 is 7.95. The number of pyridine rings is 1. The van der Waals surface area contributed by atoms with Crippen molar-refractivity contribution in [3.05, 3.63) is 76.5 Å². The molecule has 0 saturated heterocycles. The number of rotatable bonds is 5. The van der Waals surface area contributed by atoms with Crippen LogP contribution in [0, 0.1) is 25.2 Å². The molecule has 3 heterocycles. The minimum Gasteiger partial charge on any atom is -0.465 e. The van der Waals surface area contributed by atoms with Gasteiger partial charge in [-0.25, -0.2) is 4.98 Å². The molecule has 6 nitrogen and oxygen atoms in total. The van der Waals surface area contributed by atoms with Crippen molar-refractivity contribution in [1.82, 2.24) is 14.5 Å². The number of nitriles is 1. The van der Waals surface area contributed by atoms with Crippen LogP contribution in [-0.4, -0.2) is 27.7 Å². The Hall–Kier alpha value is -3.85. The lowest BCUT2D eigenvalue weighted by Crippen LogP contribution is -2.18. The van der Waals surface area contributed by atoms with Crippen LogP contribution in [0.4, 0.5) is 11.4 Å². The maximum atomic E-state index is 9.49. The second-order valence-electron chi connectivity index (χ2n) is 8.50. The van der Waals surface area contributed by atoms with E-state index < -0.39 is 0 Å². The number of aromatic nitrogens is 3. The summed E-state index contributed by atoms with van der Waals surface area (Å²) in [6, 6.07) is 19.9. The van der Waals surface area contributed by atoms with Gasteiger partial charge in [-0.1, -0.05) is 30.3 Å². The number of para-hydroxylation sites is 1. The van der Waals surface area contributed by atoms with Gasteiger partial charge < -0.3 is 9.64 Å². The predicted molar refractivity (Wildman–Crippen MR) is 130 cm³/mol. The molecule has 0 saturated carbocycles. The Labute approximate surface area is 194 Å². The fraction of sp³-hybridized carbons (Fsp3) is 0.296. The predicted octanol–water partition coefficient (Wildman–Crippen LogP) is 5.26. The van der Waals surface area contributed by atoms with Crippen LogP contribution in [0.3, 0.4) is 0 Å². The fourth-order valence-electron chi connectivity index (χ4n) is 4.77. The minimum atomic E-state index is 0.326. The van der Waals surface area contributed by atoms with Gasteiger partial charge in [0.2, 0.25) is 0 Å². The van der Waals surface area contributed by atoms with Gasteiger partial charge in [0.25, 0.3) is 6.01 Å². The molecule has 33 heavy (non-hydrogen) atoms. The second-order valence-corrected chi connectivity index (χ2v) is 8.50. The van der Waals surface area contributed by atoms with E-state index in [1.807, 2.05) is 19.9 Å². The monoisotopic (exact) mass is 437 g/mol. The molecule has 0 fully saturated rings. The summed E-state index contributed by atoms with van der Waals surface area (Å²) in [5.41, 5.74) is 9.73. The lowest BCUT2D eigenvalue weighted by atomic mass is 10.0. The molecular weight excluding hydrogens is 410 g/mol. The molecule has 0 aliphatic carbocycles. The molecular formula is C27H27N5O. The van der Waals surface area contributed by atoms with Gasteiger partial charge in [-0.05, 0) is 74.1 Å². The van der Waals surface area contributed by atoms with E-state index in [1.165, 1.54) is 11.1 Å². The zero-order valence-electron chi connectivity index (χ0n) is 19.3. The minimum absolute atomic E-state index is 0.326. The first-order valence-corrected chi connectivity index (χ1v) is 11.4. The van der Waals surface area contributed by atoms with Gasteiger partial charge in [0.1, 0.15) is 12.1 Å². The van der Waals surface area contributed by atoms with Gasteiger partial charge in [-0.15, -0.1) is 0 Å². The molecule has 0 spiro atoms. The number of imidazole rings is 1. The van der Waals surface area contributed by atoms with Crippen molar-refractivity contribution in [3.63, 3.8) is 0 Å². The molecule has 0 amide bonds. The molecule has 1 aliphatic heterocycles. The Balaban J connectivity index is 1.57. The summed E-state index contributed by atoms with van der Waals surface area (Å²) in [7, 11) is 0. The van der Waals surface area contributed by atoms with Crippen LogP contribution in [-0.2, 0) is 19.4 Å². The van der Waals surface area contributed by atoms with Crippen LogP contribution in [0.15, 0.2) is 48.5 Å². The SMILES string of the molecule is CCOc1nc2c(C)cc(C)nc2n1Cc1ccc2c(c1)CCc1ccccc1N2CC#N. The number of hydrogen-bond acceptors (Lipinski definition) is 5. The topological polar surface area (TPSA) is 67.0 Å². The Kier molecular flexibility index (Phi) is 5.47. The number of hydrogen-bond donors (Lipinski definition) is 0. The summed E-state index contributed by atoms with van der Waals surface area (Å²) >= 11 is 0. The third-order valence-electron chi connectivity index (χ3n) is 6.21. The van der Waals surface area contributed by atoms with E-state index in [0.29, 0.717) is 25.7 Å². The summed E-state index contributed by atoms with van der Waals surface area (Å²) in [4.78, 5) is 11.6. The Bertz CT molecular complexity index is 1380. The van der Waals surface area contributed by atoms with Gasteiger partial charge in [-0.3, -0.25) is 4.57 Å². The highest BCUT2D eigenvalue weighted by Crippen LogP contribution is 2.36. The van der Waals surface area contributed by atoms with Crippen molar-refractivity contribution < 1.29 is 4.74 Å². The zero-order valence-corrected chi connectivity index (χ0v) is 19.3. The molecule has 166 valence electrons. The van der Waals surface area contributed by atoms with Crippen LogP contribution in [0.5, 0.6) is 6.01 Å². The number of anilines is 2. The van der Waals surface area contributed by atoms with E-state index in [-0.39, 0.29) is 0 Å². The summed E-state index contributed by atoms with van der Waals surface area (Å²) in [6.45, 7) is 7.54. The molecule has 2 aromatic carbocycles. The Morgan fingerprint density at radius 2 is 1.79 bits per heavy atom. The van der Waals surface area contributed by atoms with Crippen molar-refractivity contribution in [1.29, 1.82) is 5.26 Å². The number of fused-ring (bicyclic) bond motifs is 3. The Morgan fingerprint density at radius 1 is 1.00 bits per heavy atom. The highest BCUT2D eigenvalue weighted by Gasteiger charge is 2.21. The van der Waals surface area contributed by atoms with Crippen LogP contribution in [0.25, 0.3) is 11.2 Å². The maximum absolute atomic E-state index is 9.49. The first kappa shape index (κ1) is 21.0. The van der Waals surface area contributed by atoms with E-state index in [4.69, 9.17) is 14.7 Å². The normalized spacial score (nSPS) is 12.7. The molecule has 0 atom stereocenters. The molecule has 0 unspecified atom stereocenters. The molecule has 2 aromatic heterocycles. The van der Waals surface area contributed by atoms with Crippen molar-refractivity contribution in [2.75, 3.05) is 18.1 Å². The van der Waals surface area contributed by atoms with Gasteiger partial charge in [0, 0.05) is 17.1 Å². The number of benzene rings is 2. The average molecular weight is 438 g/mol. The van der Waals surface area contributed by atoms with Crippen LogP contribution in [0.2, 0.25) is 0 Å². The Morgan fingerprint density at radius 3 is 2.61 bits per heavy atom. The standard InChI is InChI=1S/C27H27N5O/c1-4-33-27-30-25-18(2)15-19(3)29-26(25)32(27)17-20-9-12-24-22(16-20)11-10-21-7-5-6-8-23(21)31(24)14-13-28/h5-9,12,15-16H,4,10-11,14,17H2,1-3H3. The first-order chi connectivity index (χ1) is 16.1. The van der Waals surface area contributed by atoms with E-state index in [9.17, 15) is 5.26 Å². The smallest absolute Gasteiger partial charge is 0.298 e. The van der Waals surface area contributed by atoms with E-state index in [1.54, 1.807) is 0 Å². The van der Waals surface area contributed by atoms with Crippen molar-refractivity contribution >= 4 is 22.5 Å². The highest BCUT2D eigenvalue weighted by molar-refractivity contribution is 5.77. The van der Waals surface area contributed by atoms with Gasteiger partial charge in [-0.2, -0.15) is 10.2 Å². The number of ether oxygens (including phenoxy) is 1. The number of nitrogens with zero attached hydrogens (tertiary/aromatic N) is 5.